The summed E-state index contributed by atoms with van der Waals surface area (Å²) in [5, 5.41) is 3.06. The lowest BCUT2D eigenvalue weighted by atomic mass is 10.1. The molecule has 4 rings (SSSR count). The number of nitrogens with one attached hydrogen (secondary N) is 1. The Hall–Kier alpha value is -3.02. The number of anilines is 3. The van der Waals surface area contributed by atoms with Crippen LogP contribution in [-0.2, 0) is 0 Å². The molecule has 6 heteroatoms. The lowest BCUT2D eigenvalue weighted by Crippen LogP contribution is -2.21. The first-order valence-corrected chi connectivity index (χ1v) is 8.60. The van der Waals surface area contributed by atoms with Gasteiger partial charge in [0.25, 0.3) is 0 Å². The van der Waals surface area contributed by atoms with E-state index in [9.17, 15) is 8.78 Å². The first kappa shape index (κ1) is 16.4. The van der Waals surface area contributed by atoms with E-state index in [0.29, 0.717) is 17.5 Å². The molecule has 1 fully saturated rings. The third-order valence-corrected chi connectivity index (χ3v) is 4.36. The van der Waals surface area contributed by atoms with Crippen molar-refractivity contribution >= 4 is 17.5 Å². The molecule has 0 amide bonds. The van der Waals surface area contributed by atoms with Crippen LogP contribution in [0.1, 0.15) is 12.8 Å². The Balaban J connectivity index is 1.72. The van der Waals surface area contributed by atoms with E-state index in [2.05, 4.69) is 15.2 Å². The number of halogens is 2. The zero-order valence-corrected chi connectivity index (χ0v) is 14.1. The van der Waals surface area contributed by atoms with Gasteiger partial charge in [0, 0.05) is 36.5 Å². The summed E-state index contributed by atoms with van der Waals surface area (Å²) < 4.78 is 26.7. The van der Waals surface area contributed by atoms with Crippen LogP contribution in [0.15, 0.2) is 54.6 Å². The third-order valence-electron chi connectivity index (χ3n) is 4.36. The second-order valence-corrected chi connectivity index (χ2v) is 6.25. The average molecular weight is 352 g/mol. The van der Waals surface area contributed by atoms with Crippen LogP contribution in [0.2, 0.25) is 0 Å². The monoisotopic (exact) mass is 352 g/mol. The van der Waals surface area contributed by atoms with Gasteiger partial charge in [-0.25, -0.2) is 13.8 Å². The highest BCUT2D eigenvalue weighted by Gasteiger charge is 2.17. The standard InChI is InChI=1S/C20H18F2N4/c21-16-9-8-15(12-17(16)22)23-19-13-18(14-6-2-1-3-7-14)24-20(25-19)26-10-4-5-11-26/h1-3,6-9,12-13H,4-5,10-11H2,(H,23,24,25). The number of hydrogen-bond donors (Lipinski definition) is 1. The maximum atomic E-state index is 13.5. The molecule has 0 aliphatic carbocycles. The fourth-order valence-electron chi connectivity index (χ4n) is 3.04. The van der Waals surface area contributed by atoms with Gasteiger partial charge in [0.1, 0.15) is 5.82 Å². The first-order chi connectivity index (χ1) is 12.7. The number of rotatable bonds is 4. The molecule has 132 valence electrons. The predicted molar refractivity (Wildman–Crippen MR) is 98.6 cm³/mol. The predicted octanol–water partition coefficient (Wildman–Crippen LogP) is 4.77. The van der Waals surface area contributed by atoms with Crippen molar-refractivity contribution in [2.45, 2.75) is 12.8 Å². The van der Waals surface area contributed by atoms with Crippen LogP contribution in [0.3, 0.4) is 0 Å². The van der Waals surface area contributed by atoms with E-state index in [1.54, 1.807) is 0 Å². The molecule has 1 aliphatic heterocycles. The largest absolute Gasteiger partial charge is 0.341 e. The van der Waals surface area contributed by atoms with Crippen LogP contribution in [0.4, 0.5) is 26.2 Å². The fourth-order valence-corrected chi connectivity index (χ4v) is 3.04. The average Bonchev–Trinajstić information content (AvgIpc) is 3.20. The highest BCUT2D eigenvalue weighted by Crippen LogP contribution is 2.26. The summed E-state index contributed by atoms with van der Waals surface area (Å²) in [5.74, 6) is -0.575. The summed E-state index contributed by atoms with van der Waals surface area (Å²) >= 11 is 0. The van der Waals surface area contributed by atoms with Gasteiger partial charge in [0.15, 0.2) is 11.6 Å². The number of nitrogens with zero attached hydrogens (tertiary/aromatic N) is 3. The molecule has 1 N–H and O–H groups in total. The summed E-state index contributed by atoms with van der Waals surface area (Å²) in [6.45, 7) is 1.84. The van der Waals surface area contributed by atoms with E-state index in [4.69, 9.17) is 4.98 Å². The van der Waals surface area contributed by atoms with Gasteiger partial charge in [0.05, 0.1) is 5.69 Å². The minimum atomic E-state index is -0.896. The maximum absolute atomic E-state index is 13.5. The lowest BCUT2D eigenvalue weighted by Gasteiger charge is -2.18. The normalized spacial score (nSPS) is 13.8. The highest BCUT2D eigenvalue weighted by molar-refractivity contribution is 5.67. The van der Waals surface area contributed by atoms with Gasteiger partial charge in [-0.05, 0) is 25.0 Å². The quantitative estimate of drug-likeness (QED) is 0.735. The molecule has 0 radical (unpaired) electrons. The van der Waals surface area contributed by atoms with Gasteiger partial charge >= 0.3 is 0 Å². The van der Waals surface area contributed by atoms with E-state index in [0.717, 1.165) is 49.3 Å². The van der Waals surface area contributed by atoms with Crippen molar-refractivity contribution in [3.8, 4) is 11.3 Å². The minimum absolute atomic E-state index is 0.439. The molecule has 1 aromatic heterocycles. The molecule has 1 aliphatic rings. The van der Waals surface area contributed by atoms with Crippen molar-refractivity contribution in [2.24, 2.45) is 0 Å². The Labute approximate surface area is 150 Å². The zero-order valence-electron chi connectivity index (χ0n) is 14.1. The van der Waals surface area contributed by atoms with Crippen molar-refractivity contribution in [1.82, 2.24) is 9.97 Å². The molecule has 2 aromatic carbocycles. The summed E-state index contributed by atoms with van der Waals surface area (Å²) in [4.78, 5) is 11.4. The minimum Gasteiger partial charge on any atom is -0.341 e. The Bertz CT molecular complexity index is 909. The van der Waals surface area contributed by atoms with Crippen LogP contribution in [0.25, 0.3) is 11.3 Å². The molecule has 0 unspecified atom stereocenters. The van der Waals surface area contributed by atoms with Crippen LogP contribution in [-0.4, -0.2) is 23.1 Å². The first-order valence-electron chi connectivity index (χ1n) is 8.60. The van der Waals surface area contributed by atoms with Gasteiger partial charge in [-0.1, -0.05) is 30.3 Å². The lowest BCUT2D eigenvalue weighted by molar-refractivity contribution is 0.509. The summed E-state index contributed by atoms with van der Waals surface area (Å²) in [5.41, 5.74) is 2.20. The van der Waals surface area contributed by atoms with Gasteiger partial charge < -0.3 is 10.2 Å². The third kappa shape index (κ3) is 3.49. The van der Waals surface area contributed by atoms with Crippen molar-refractivity contribution in [2.75, 3.05) is 23.3 Å². The molecule has 4 nitrogen and oxygen atoms in total. The molecular formula is C20H18F2N4. The summed E-state index contributed by atoms with van der Waals surface area (Å²) in [7, 11) is 0. The fraction of sp³-hybridized carbons (Fsp3) is 0.200. The molecule has 3 aromatic rings. The van der Waals surface area contributed by atoms with Gasteiger partial charge in [0.2, 0.25) is 5.95 Å². The van der Waals surface area contributed by atoms with Crippen LogP contribution >= 0.6 is 0 Å². The van der Waals surface area contributed by atoms with E-state index in [-0.39, 0.29) is 0 Å². The Morgan fingerprint density at radius 2 is 1.62 bits per heavy atom. The zero-order chi connectivity index (χ0) is 17.9. The van der Waals surface area contributed by atoms with Gasteiger partial charge in [-0.15, -0.1) is 0 Å². The SMILES string of the molecule is Fc1ccc(Nc2cc(-c3ccccc3)nc(N3CCCC3)n2)cc1F. The second-order valence-electron chi connectivity index (χ2n) is 6.25. The topological polar surface area (TPSA) is 41.1 Å². The van der Waals surface area contributed by atoms with Crippen molar-refractivity contribution in [1.29, 1.82) is 0 Å². The van der Waals surface area contributed by atoms with E-state index in [1.807, 2.05) is 36.4 Å². The van der Waals surface area contributed by atoms with E-state index >= 15 is 0 Å². The molecule has 2 heterocycles. The Kier molecular flexibility index (Phi) is 4.48. The van der Waals surface area contributed by atoms with Crippen molar-refractivity contribution in [3.63, 3.8) is 0 Å². The molecule has 1 saturated heterocycles. The highest BCUT2D eigenvalue weighted by atomic mass is 19.2. The number of hydrogen-bond acceptors (Lipinski definition) is 4. The smallest absolute Gasteiger partial charge is 0.227 e. The molecule has 0 bridgehead atoms. The number of benzene rings is 2. The Morgan fingerprint density at radius 1 is 0.846 bits per heavy atom. The number of aromatic nitrogens is 2. The van der Waals surface area contributed by atoms with Crippen molar-refractivity contribution < 1.29 is 8.78 Å². The molecule has 0 atom stereocenters. The van der Waals surface area contributed by atoms with E-state index in [1.165, 1.54) is 6.07 Å². The summed E-state index contributed by atoms with van der Waals surface area (Å²) in [6, 6.07) is 15.3. The Morgan fingerprint density at radius 3 is 2.35 bits per heavy atom. The van der Waals surface area contributed by atoms with Crippen LogP contribution in [0.5, 0.6) is 0 Å². The summed E-state index contributed by atoms with van der Waals surface area (Å²) in [6.07, 6.45) is 2.23. The molecule has 0 spiro atoms. The maximum Gasteiger partial charge on any atom is 0.227 e. The molecule has 0 saturated carbocycles. The van der Waals surface area contributed by atoms with Gasteiger partial charge in [-0.2, -0.15) is 4.98 Å². The van der Waals surface area contributed by atoms with Crippen molar-refractivity contribution in [3.05, 3.63) is 66.2 Å². The molecule has 26 heavy (non-hydrogen) atoms. The van der Waals surface area contributed by atoms with E-state index < -0.39 is 11.6 Å². The van der Waals surface area contributed by atoms with Gasteiger partial charge in [-0.3, -0.25) is 0 Å². The van der Waals surface area contributed by atoms with Crippen LogP contribution in [0, 0.1) is 11.6 Å². The second kappa shape index (κ2) is 7.07. The molecular weight excluding hydrogens is 334 g/mol. The van der Waals surface area contributed by atoms with Crippen LogP contribution < -0.4 is 10.2 Å².